The number of aromatic nitrogens is 2. The number of benzene rings is 1. The summed E-state index contributed by atoms with van der Waals surface area (Å²) in [7, 11) is 1.60. The SMILES string of the molecule is C=CCOc1ccc2c(c1)[C@H]1[C@H](CCCCO)[C@@H](CCCCO)C=C3C(=NOC)C[C@H](SCCc4cnccn4)[C@@](OCC=C)(O2)[C@H]31. The first kappa shape index (κ1) is 35.1. The highest BCUT2D eigenvalue weighted by atomic mass is 32.2. The Kier molecular flexibility index (Phi) is 12.9. The molecule has 1 fully saturated rings. The van der Waals surface area contributed by atoms with Gasteiger partial charge in [0, 0.05) is 56.1 Å². The Labute approximate surface area is 283 Å². The molecule has 1 aliphatic heterocycles. The predicted molar refractivity (Wildman–Crippen MR) is 186 cm³/mol. The third kappa shape index (κ3) is 7.94. The third-order valence-corrected chi connectivity index (χ3v) is 10.8. The van der Waals surface area contributed by atoms with Gasteiger partial charge in [-0.25, -0.2) is 0 Å². The van der Waals surface area contributed by atoms with Gasteiger partial charge in [0.05, 0.1) is 29.2 Å². The van der Waals surface area contributed by atoms with E-state index in [2.05, 4.69) is 40.4 Å². The van der Waals surface area contributed by atoms with E-state index in [4.69, 9.17) is 19.0 Å². The highest BCUT2D eigenvalue weighted by Gasteiger charge is 2.63. The number of fused-ring (bicyclic) bond motifs is 2. The lowest BCUT2D eigenvalue weighted by molar-refractivity contribution is -0.223. The molecule has 0 spiro atoms. The van der Waals surface area contributed by atoms with Crippen LogP contribution in [0.5, 0.6) is 11.5 Å². The van der Waals surface area contributed by atoms with Gasteiger partial charge in [0.15, 0.2) is 0 Å². The van der Waals surface area contributed by atoms with Crippen LogP contribution in [0.3, 0.4) is 0 Å². The molecule has 3 aliphatic rings. The van der Waals surface area contributed by atoms with E-state index in [1.54, 1.807) is 31.7 Å². The minimum absolute atomic E-state index is 0.0270. The fourth-order valence-electron chi connectivity index (χ4n) is 7.60. The van der Waals surface area contributed by atoms with E-state index in [1.807, 2.05) is 30.1 Å². The van der Waals surface area contributed by atoms with E-state index < -0.39 is 5.79 Å². The molecule has 2 N–H and O–H groups in total. The molecule has 47 heavy (non-hydrogen) atoms. The number of aliphatic hydroxyl groups is 2. The zero-order valence-corrected chi connectivity index (χ0v) is 28.3. The van der Waals surface area contributed by atoms with Crippen LogP contribution in [0.1, 0.15) is 62.1 Å². The Hall–Kier alpha value is -3.18. The molecule has 254 valence electrons. The number of unbranched alkanes of at least 4 members (excludes halogenated alkanes) is 2. The highest BCUT2D eigenvalue weighted by molar-refractivity contribution is 8.00. The quantitative estimate of drug-likeness (QED) is 0.102. The number of allylic oxidation sites excluding steroid dienone is 1. The smallest absolute Gasteiger partial charge is 0.230 e. The Morgan fingerprint density at radius 2 is 1.89 bits per heavy atom. The van der Waals surface area contributed by atoms with E-state index in [1.165, 1.54) is 0 Å². The van der Waals surface area contributed by atoms with Crippen LogP contribution in [0.2, 0.25) is 0 Å². The highest BCUT2D eigenvalue weighted by Crippen LogP contribution is 2.62. The third-order valence-electron chi connectivity index (χ3n) is 9.48. The minimum atomic E-state index is -0.994. The number of nitrogens with zero attached hydrogens (tertiary/aromatic N) is 3. The summed E-state index contributed by atoms with van der Waals surface area (Å²) < 4.78 is 20.1. The van der Waals surface area contributed by atoms with E-state index in [0.29, 0.717) is 19.6 Å². The average Bonchev–Trinajstić information content (AvgIpc) is 3.09. The van der Waals surface area contributed by atoms with Crippen LogP contribution in [-0.4, -0.2) is 76.2 Å². The average molecular weight is 664 g/mol. The monoisotopic (exact) mass is 663 g/mol. The van der Waals surface area contributed by atoms with E-state index in [-0.39, 0.29) is 42.1 Å². The largest absolute Gasteiger partial charge is 0.490 e. The number of aliphatic hydroxyl groups excluding tert-OH is 2. The summed E-state index contributed by atoms with van der Waals surface area (Å²) >= 11 is 1.81. The summed E-state index contributed by atoms with van der Waals surface area (Å²) in [4.78, 5) is 14.2. The molecule has 1 saturated carbocycles. The number of hydrogen-bond donors (Lipinski definition) is 2. The molecule has 0 unspecified atom stereocenters. The van der Waals surface area contributed by atoms with Gasteiger partial charge in [-0.1, -0.05) is 42.8 Å². The minimum Gasteiger partial charge on any atom is -0.490 e. The summed E-state index contributed by atoms with van der Waals surface area (Å²) in [5.41, 5.74) is 4.07. The van der Waals surface area contributed by atoms with Crippen molar-refractivity contribution in [2.24, 2.45) is 22.9 Å². The number of thioether (sulfide) groups is 1. The summed E-state index contributed by atoms with van der Waals surface area (Å²) in [6.45, 7) is 8.90. The molecule has 0 bridgehead atoms. The van der Waals surface area contributed by atoms with Gasteiger partial charge in [-0.2, -0.15) is 11.8 Å². The van der Waals surface area contributed by atoms with Crippen molar-refractivity contribution in [1.82, 2.24) is 9.97 Å². The first-order chi connectivity index (χ1) is 23.1. The van der Waals surface area contributed by atoms with Crippen LogP contribution in [0.15, 0.2) is 78.9 Å². The standard InChI is InChI=1S/C37H49N3O6S/c1-4-19-44-28-12-13-33-31(23-28)35-29(11-7-9-18-42)26(10-6-8-17-41)22-30-32(40-43-3)24-34(37(46-33,36(30)35)45-20-5-2)47-21-14-27-25-38-15-16-39-27/h4-5,12-13,15-16,22-23,25-26,29,34-36,41-42H,1-2,6-11,14,17-21,24H2,3H3/t26-,29+,34-,35+,36+,37+/m0/s1. The zero-order valence-electron chi connectivity index (χ0n) is 27.5. The van der Waals surface area contributed by atoms with Crippen molar-refractivity contribution in [3.63, 3.8) is 0 Å². The van der Waals surface area contributed by atoms with Crippen LogP contribution < -0.4 is 9.47 Å². The normalized spacial score (nSPS) is 26.8. The van der Waals surface area contributed by atoms with Crippen LogP contribution in [0.25, 0.3) is 0 Å². The second kappa shape index (κ2) is 17.3. The molecular formula is C37H49N3O6S. The summed E-state index contributed by atoms with van der Waals surface area (Å²) in [6.07, 6.45) is 17.7. The Balaban J connectivity index is 1.65. The summed E-state index contributed by atoms with van der Waals surface area (Å²) in [5.74, 6) is 1.71. The van der Waals surface area contributed by atoms with Gasteiger partial charge in [0.1, 0.15) is 25.2 Å². The number of hydrogen-bond acceptors (Lipinski definition) is 10. The fraction of sp³-hybridized carbons (Fsp3) is 0.541. The molecule has 0 amide bonds. The first-order valence-electron chi connectivity index (χ1n) is 16.8. The fourth-order valence-corrected chi connectivity index (χ4v) is 8.98. The second-order valence-electron chi connectivity index (χ2n) is 12.3. The summed E-state index contributed by atoms with van der Waals surface area (Å²) in [5, 5.41) is 23.9. The van der Waals surface area contributed by atoms with Crippen molar-refractivity contribution in [2.45, 2.75) is 68.3 Å². The van der Waals surface area contributed by atoms with Gasteiger partial charge in [0.2, 0.25) is 5.79 Å². The van der Waals surface area contributed by atoms with Crippen molar-refractivity contribution >= 4 is 17.5 Å². The molecule has 5 rings (SSSR count). The Morgan fingerprint density at radius 3 is 2.62 bits per heavy atom. The number of rotatable bonds is 19. The molecule has 10 heteroatoms. The van der Waals surface area contributed by atoms with E-state index in [0.717, 1.165) is 84.7 Å². The van der Waals surface area contributed by atoms with Crippen LogP contribution in [0.4, 0.5) is 0 Å². The maximum atomic E-state index is 9.75. The molecular weight excluding hydrogens is 614 g/mol. The van der Waals surface area contributed by atoms with Gasteiger partial charge in [-0.15, -0.1) is 6.58 Å². The topological polar surface area (TPSA) is 116 Å². The van der Waals surface area contributed by atoms with Gasteiger partial charge in [-0.05, 0) is 67.0 Å². The maximum absolute atomic E-state index is 9.75. The first-order valence-corrected chi connectivity index (χ1v) is 17.9. The maximum Gasteiger partial charge on any atom is 0.230 e. The van der Waals surface area contributed by atoms with Crippen molar-refractivity contribution in [1.29, 1.82) is 0 Å². The summed E-state index contributed by atoms with van der Waals surface area (Å²) in [6, 6.07) is 6.11. The van der Waals surface area contributed by atoms with Gasteiger partial charge in [0.25, 0.3) is 0 Å². The number of aryl methyl sites for hydroxylation is 1. The van der Waals surface area contributed by atoms with E-state index >= 15 is 0 Å². The molecule has 0 saturated heterocycles. The van der Waals surface area contributed by atoms with Crippen molar-refractivity contribution < 1.29 is 29.3 Å². The van der Waals surface area contributed by atoms with Crippen molar-refractivity contribution in [3.8, 4) is 11.5 Å². The van der Waals surface area contributed by atoms with E-state index in [9.17, 15) is 10.2 Å². The lowest BCUT2D eigenvalue weighted by Gasteiger charge is -2.58. The molecule has 9 nitrogen and oxygen atoms in total. The lowest BCUT2D eigenvalue weighted by atomic mass is 9.56. The number of oxime groups is 1. The Bertz CT molecular complexity index is 1390. The zero-order chi connectivity index (χ0) is 33.1. The second-order valence-corrected chi connectivity index (χ2v) is 13.7. The van der Waals surface area contributed by atoms with Crippen LogP contribution in [0, 0.1) is 17.8 Å². The number of ether oxygens (including phenoxy) is 3. The van der Waals surface area contributed by atoms with Gasteiger partial charge < -0.3 is 29.3 Å². The van der Waals surface area contributed by atoms with Gasteiger partial charge in [-0.3, -0.25) is 9.97 Å². The molecule has 1 aromatic heterocycles. The molecule has 6 atom stereocenters. The molecule has 0 radical (unpaired) electrons. The van der Waals surface area contributed by atoms with Crippen molar-refractivity contribution in [3.05, 3.63) is 85.0 Å². The molecule has 2 aromatic rings. The molecule has 1 aromatic carbocycles. The van der Waals surface area contributed by atoms with Crippen LogP contribution in [-0.2, 0) is 16.0 Å². The van der Waals surface area contributed by atoms with Crippen LogP contribution >= 0.6 is 11.8 Å². The molecule has 2 aliphatic carbocycles. The van der Waals surface area contributed by atoms with Gasteiger partial charge >= 0.3 is 0 Å². The van der Waals surface area contributed by atoms with Crippen molar-refractivity contribution in [2.75, 3.05) is 39.3 Å². The molecule has 2 heterocycles. The Morgan fingerprint density at radius 1 is 1.09 bits per heavy atom. The predicted octanol–water partition coefficient (Wildman–Crippen LogP) is 6.28. The lowest BCUT2D eigenvalue weighted by Crippen LogP contribution is -2.64.